The van der Waals surface area contributed by atoms with Gasteiger partial charge in [-0.25, -0.2) is 0 Å². The molecule has 0 bridgehead atoms. The molecule has 18 heavy (non-hydrogen) atoms. The highest BCUT2D eigenvalue weighted by molar-refractivity contribution is 5.53. The third kappa shape index (κ3) is 3.51. The highest BCUT2D eigenvalue weighted by Gasteiger charge is 2.13. The Kier molecular flexibility index (Phi) is 5.74. The SMILES string of the molecule is COc1cc(CCN(C)CO)cc(OC)c1OC. The van der Waals surface area contributed by atoms with Gasteiger partial charge < -0.3 is 19.3 Å². The second-order valence-electron chi connectivity index (χ2n) is 4.00. The Morgan fingerprint density at radius 1 is 1.06 bits per heavy atom. The van der Waals surface area contributed by atoms with Crippen LogP contribution >= 0.6 is 0 Å². The van der Waals surface area contributed by atoms with Crippen LogP contribution in [0.5, 0.6) is 17.2 Å². The smallest absolute Gasteiger partial charge is 0.203 e. The first-order chi connectivity index (χ1) is 8.65. The lowest BCUT2D eigenvalue weighted by molar-refractivity contribution is 0.134. The quantitative estimate of drug-likeness (QED) is 0.740. The molecular formula is C13H21NO4. The van der Waals surface area contributed by atoms with E-state index in [0.29, 0.717) is 17.2 Å². The number of rotatable bonds is 7. The zero-order chi connectivity index (χ0) is 13.5. The van der Waals surface area contributed by atoms with Gasteiger partial charge in [0.15, 0.2) is 11.5 Å². The fourth-order valence-corrected chi connectivity index (χ4v) is 1.67. The number of benzene rings is 1. The van der Waals surface area contributed by atoms with Gasteiger partial charge >= 0.3 is 0 Å². The van der Waals surface area contributed by atoms with Crippen LogP contribution in [0, 0.1) is 0 Å². The van der Waals surface area contributed by atoms with Crippen LogP contribution in [0.1, 0.15) is 5.56 Å². The van der Waals surface area contributed by atoms with Gasteiger partial charge in [0.2, 0.25) is 5.75 Å². The van der Waals surface area contributed by atoms with Crippen molar-refractivity contribution in [3.8, 4) is 17.2 Å². The first kappa shape index (κ1) is 14.6. The van der Waals surface area contributed by atoms with Crippen molar-refractivity contribution in [2.24, 2.45) is 0 Å². The fraction of sp³-hybridized carbons (Fsp3) is 0.538. The Hall–Kier alpha value is -1.46. The molecule has 0 aliphatic carbocycles. The van der Waals surface area contributed by atoms with Crippen molar-refractivity contribution in [3.63, 3.8) is 0 Å². The molecule has 5 nitrogen and oxygen atoms in total. The molecule has 0 saturated heterocycles. The number of hydrogen-bond donors (Lipinski definition) is 1. The summed E-state index contributed by atoms with van der Waals surface area (Å²) in [6.07, 6.45) is 0.799. The third-order valence-corrected chi connectivity index (χ3v) is 2.75. The predicted molar refractivity (Wildman–Crippen MR) is 69.5 cm³/mol. The molecule has 0 unspecified atom stereocenters. The minimum absolute atomic E-state index is 0.0461. The van der Waals surface area contributed by atoms with E-state index in [-0.39, 0.29) is 6.73 Å². The Morgan fingerprint density at radius 2 is 1.61 bits per heavy atom. The van der Waals surface area contributed by atoms with E-state index in [0.717, 1.165) is 18.5 Å². The van der Waals surface area contributed by atoms with Gasteiger partial charge in [-0.05, 0) is 31.2 Å². The number of likely N-dealkylation sites (N-methyl/N-ethyl adjacent to an activating group) is 1. The van der Waals surface area contributed by atoms with Gasteiger partial charge in [0.25, 0.3) is 0 Å². The van der Waals surface area contributed by atoms with Crippen LogP contribution < -0.4 is 14.2 Å². The van der Waals surface area contributed by atoms with Crippen molar-refractivity contribution in [1.82, 2.24) is 4.90 Å². The average molecular weight is 255 g/mol. The predicted octanol–water partition coefficient (Wildman–Crippen LogP) is 1.14. The van der Waals surface area contributed by atoms with E-state index in [2.05, 4.69) is 0 Å². The van der Waals surface area contributed by atoms with Gasteiger partial charge in [-0.15, -0.1) is 0 Å². The maximum Gasteiger partial charge on any atom is 0.203 e. The number of ether oxygens (including phenoxy) is 3. The molecule has 0 amide bonds. The van der Waals surface area contributed by atoms with Gasteiger partial charge in [0, 0.05) is 6.54 Å². The van der Waals surface area contributed by atoms with E-state index in [1.54, 1.807) is 21.3 Å². The van der Waals surface area contributed by atoms with Crippen LogP contribution in [-0.4, -0.2) is 51.7 Å². The summed E-state index contributed by atoms with van der Waals surface area (Å²) in [5, 5.41) is 8.95. The maximum absolute atomic E-state index is 8.95. The summed E-state index contributed by atoms with van der Waals surface area (Å²) < 4.78 is 15.8. The topological polar surface area (TPSA) is 51.2 Å². The third-order valence-electron chi connectivity index (χ3n) is 2.75. The lowest BCUT2D eigenvalue weighted by Gasteiger charge is -2.16. The van der Waals surface area contributed by atoms with E-state index in [1.807, 2.05) is 24.1 Å². The number of methoxy groups -OCH3 is 3. The molecule has 0 spiro atoms. The highest BCUT2D eigenvalue weighted by Crippen LogP contribution is 2.38. The largest absolute Gasteiger partial charge is 0.493 e. The highest BCUT2D eigenvalue weighted by atomic mass is 16.5. The Bertz CT molecular complexity index is 356. The molecule has 0 heterocycles. The monoisotopic (exact) mass is 255 g/mol. The standard InChI is InChI=1S/C13H21NO4/c1-14(9-15)6-5-10-7-11(16-2)13(18-4)12(8-10)17-3/h7-8,15H,5-6,9H2,1-4H3. The first-order valence-corrected chi connectivity index (χ1v) is 5.74. The van der Waals surface area contributed by atoms with E-state index in [4.69, 9.17) is 19.3 Å². The van der Waals surface area contributed by atoms with Gasteiger partial charge in [0.05, 0.1) is 28.1 Å². The van der Waals surface area contributed by atoms with Crippen LogP contribution in [0.15, 0.2) is 12.1 Å². The molecular weight excluding hydrogens is 234 g/mol. The van der Waals surface area contributed by atoms with Crippen molar-refractivity contribution in [2.45, 2.75) is 6.42 Å². The molecule has 0 aromatic heterocycles. The van der Waals surface area contributed by atoms with Crippen molar-refractivity contribution in [3.05, 3.63) is 17.7 Å². The number of hydrogen-bond acceptors (Lipinski definition) is 5. The van der Waals surface area contributed by atoms with Gasteiger partial charge in [0.1, 0.15) is 0 Å². The molecule has 1 N–H and O–H groups in total. The summed E-state index contributed by atoms with van der Waals surface area (Å²) >= 11 is 0. The lowest BCUT2D eigenvalue weighted by atomic mass is 10.1. The summed E-state index contributed by atoms with van der Waals surface area (Å²) in [5.41, 5.74) is 1.07. The Morgan fingerprint density at radius 3 is 2.00 bits per heavy atom. The summed E-state index contributed by atoms with van der Waals surface area (Å²) in [4.78, 5) is 1.82. The number of nitrogens with zero attached hydrogens (tertiary/aromatic N) is 1. The van der Waals surface area contributed by atoms with E-state index < -0.39 is 0 Å². The van der Waals surface area contributed by atoms with Crippen LogP contribution in [0.3, 0.4) is 0 Å². The van der Waals surface area contributed by atoms with Crippen molar-refractivity contribution in [1.29, 1.82) is 0 Å². The van der Waals surface area contributed by atoms with Crippen LogP contribution in [-0.2, 0) is 6.42 Å². The maximum atomic E-state index is 8.95. The summed E-state index contributed by atoms with van der Waals surface area (Å²) in [7, 11) is 6.64. The van der Waals surface area contributed by atoms with Crippen LogP contribution in [0.2, 0.25) is 0 Å². The molecule has 102 valence electrons. The van der Waals surface area contributed by atoms with E-state index in [9.17, 15) is 0 Å². The molecule has 0 radical (unpaired) electrons. The van der Waals surface area contributed by atoms with Crippen LogP contribution in [0.4, 0.5) is 0 Å². The van der Waals surface area contributed by atoms with Gasteiger partial charge in [-0.3, -0.25) is 4.90 Å². The summed E-state index contributed by atoms with van der Waals surface area (Å²) in [5.74, 6) is 1.90. The van der Waals surface area contributed by atoms with Crippen molar-refractivity contribution in [2.75, 3.05) is 41.7 Å². The lowest BCUT2D eigenvalue weighted by Crippen LogP contribution is -2.21. The Labute approximate surface area is 108 Å². The second kappa shape index (κ2) is 7.08. The average Bonchev–Trinajstić information content (AvgIpc) is 2.43. The molecule has 5 heteroatoms. The molecule has 1 aromatic carbocycles. The molecule has 0 saturated carbocycles. The minimum Gasteiger partial charge on any atom is -0.493 e. The summed E-state index contributed by atoms with van der Waals surface area (Å²) in [6, 6.07) is 3.85. The fourth-order valence-electron chi connectivity index (χ4n) is 1.67. The van der Waals surface area contributed by atoms with Crippen LogP contribution in [0.25, 0.3) is 0 Å². The first-order valence-electron chi connectivity index (χ1n) is 5.74. The van der Waals surface area contributed by atoms with Crippen molar-refractivity contribution < 1.29 is 19.3 Å². The molecule has 0 atom stereocenters. The Balaban J connectivity index is 2.93. The molecule has 0 aliphatic rings. The number of aliphatic hydroxyl groups is 1. The number of aliphatic hydroxyl groups excluding tert-OH is 1. The van der Waals surface area contributed by atoms with E-state index in [1.165, 1.54) is 0 Å². The summed E-state index contributed by atoms with van der Waals surface area (Å²) in [6.45, 7) is 0.805. The zero-order valence-corrected chi connectivity index (χ0v) is 11.4. The zero-order valence-electron chi connectivity index (χ0n) is 11.4. The molecule has 1 aromatic rings. The normalized spacial score (nSPS) is 10.6. The van der Waals surface area contributed by atoms with Crippen molar-refractivity contribution >= 4 is 0 Å². The minimum atomic E-state index is 0.0461. The van der Waals surface area contributed by atoms with Gasteiger partial charge in [-0.2, -0.15) is 0 Å². The molecule has 0 fully saturated rings. The molecule has 0 aliphatic heterocycles. The van der Waals surface area contributed by atoms with E-state index >= 15 is 0 Å². The van der Waals surface area contributed by atoms with Gasteiger partial charge in [-0.1, -0.05) is 0 Å². The second-order valence-corrected chi connectivity index (χ2v) is 4.00. The molecule has 1 rings (SSSR count).